The third-order valence-electron chi connectivity index (χ3n) is 5.70. The van der Waals surface area contributed by atoms with Crippen molar-refractivity contribution in [3.05, 3.63) is 66.1 Å². The summed E-state index contributed by atoms with van der Waals surface area (Å²) in [5.41, 5.74) is 3.65. The fraction of sp³-hybridized carbons (Fsp3) is 0.174. The normalized spacial score (nSPS) is 15.4. The molecule has 4 aromatic rings. The van der Waals surface area contributed by atoms with Gasteiger partial charge in [0.05, 0.1) is 30.5 Å². The minimum atomic E-state index is -0.490. The summed E-state index contributed by atoms with van der Waals surface area (Å²) in [6.07, 6.45) is 4.62. The Bertz CT molecular complexity index is 1390. The number of hydrogen-bond donors (Lipinski definition) is 2. The van der Waals surface area contributed by atoms with Gasteiger partial charge in [-0.25, -0.2) is 4.98 Å². The minimum Gasteiger partial charge on any atom is -0.378 e. The van der Waals surface area contributed by atoms with Crippen molar-refractivity contribution in [1.29, 1.82) is 0 Å². The monoisotopic (exact) mass is 469 g/mol. The van der Waals surface area contributed by atoms with Crippen LogP contribution in [0.3, 0.4) is 0 Å². The summed E-state index contributed by atoms with van der Waals surface area (Å²) in [6.45, 7) is 2.24. The van der Waals surface area contributed by atoms with Crippen molar-refractivity contribution < 1.29 is 14.3 Å². The lowest BCUT2D eigenvalue weighted by Crippen LogP contribution is -2.45. The van der Waals surface area contributed by atoms with Crippen molar-refractivity contribution in [3.63, 3.8) is 0 Å². The van der Waals surface area contributed by atoms with E-state index in [1.807, 2.05) is 17.0 Å². The van der Waals surface area contributed by atoms with E-state index in [1.165, 1.54) is 12.4 Å². The first-order valence-electron chi connectivity index (χ1n) is 11.0. The van der Waals surface area contributed by atoms with Gasteiger partial charge in [-0.1, -0.05) is 24.3 Å². The Kier molecular flexibility index (Phi) is 5.11. The molecule has 0 atom stereocenters. The lowest BCUT2D eigenvalue weighted by Gasteiger charge is -2.29. The maximum Gasteiger partial charge on any atom is 0.280 e. The predicted molar refractivity (Wildman–Crippen MR) is 126 cm³/mol. The van der Waals surface area contributed by atoms with Crippen LogP contribution in [0.4, 0.5) is 23.7 Å². The molecule has 0 saturated carbocycles. The summed E-state index contributed by atoms with van der Waals surface area (Å²) in [4.78, 5) is 50.1. The standard InChI is InChI=1S/C23H19N9O3/c33-19-15-5-1-3-14-4-2-6-16(18(14)15)20(34)32(19)30-22-27-21(26-17-13-24-7-8-25-17)28-23(29-22)31-9-11-35-12-10-31/h1-8,13H,9-12H2,(H2,25,26,27,28,29,30). The molecule has 1 fully saturated rings. The molecule has 2 aliphatic rings. The topological polar surface area (TPSA) is 138 Å². The van der Waals surface area contributed by atoms with Gasteiger partial charge < -0.3 is 15.0 Å². The van der Waals surface area contributed by atoms with Gasteiger partial charge in [0.15, 0.2) is 5.82 Å². The Labute approximate surface area is 199 Å². The van der Waals surface area contributed by atoms with Gasteiger partial charge in [-0.2, -0.15) is 20.0 Å². The number of nitrogens with zero attached hydrogens (tertiary/aromatic N) is 7. The molecule has 4 heterocycles. The second-order valence-corrected chi connectivity index (χ2v) is 7.86. The molecule has 2 aromatic carbocycles. The number of amides is 2. The van der Waals surface area contributed by atoms with E-state index in [2.05, 4.69) is 35.7 Å². The molecule has 0 radical (unpaired) electrons. The van der Waals surface area contributed by atoms with Crippen LogP contribution in [0.15, 0.2) is 55.0 Å². The zero-order chi connectivity index (χ0) is 23.8. The number of rotatable bonds is 5. The molecular weight excluding hydrogens is 450 g/mol. The quantitative estimate of drug-likeness (QED) is 0.415. The van der Waals surface area contributed by atoms with E-state index in [9.17, 15) is 9.59 Å². The average molecular weight is 469 g/mol. The summed E-state index contributed by atoms with van der Waals surface area (Å²) in [5, 5.41) is 5.39. The van der Waals surface area contributed by atoms with Crippen LogP contribution >= 0.6 is 0 Å². The van der Waals surface area contributed by atoms with E-state index in [4.69, 9.17) is 4.74 Å². The van der Waals surface area contributed by atoms with Gasteiger partial charge in [0.2, 0.25) is 17.8 Å². The summed E-state index contributed by atoms with van der Waals surface area (Å²) < 4.78 is 5.43. The number of aromatic nitrogens is 5. The number of hydrogen-bond acceptors (Lipinski definition) is 11. The molecule has 0 bridgehead atoms. The third-order valence-corrected chi connectivity index (χ3v) is 5.70. The molecule has 12 nitrogen and oxygen atoms in total. The number of carbonyl (C=O) groups excluding carboxylic acids is 2. The number of nitrogens with one attached hydrogen (secondary N) is 2. The molecule has 2 aliphatic heterocycles. The summed E-state index contributed by atoms with van der Waals surface area (Å²) >= 11 is 0. The molecule has 0 spiro atoms. The van der Waals surface area contributed by atoms with E-state index >= 15 is 0 Å². The van der Waals surface area contributed by atoms with Crippen LogP contribution in [0.2, 0.25) is 0 Å². The lowest BCUT2D eigenvalue weighted by atomic mass is 9.95. The largest absolute Gasteiger partial charge is 0.378 e. The molecule has 35 heavy (non-hydrogen) atoms. The fourth-order valence-corrected chi connectivity index (χ4v) is 4.09. The van der Waals surface area contributed by atoms with Crippen molar-refractivity contribution in [3.8, 4) is 0 Å². The smallest absolute Gasteiger partial charge is 0.280 e. The summed E-state index contributed by atoms with van der Waals surface area (Å²) in [7, 11) is 0. The molecule has 1 saturated heterocycles. The fourth-order valence-electron chi connectivity index (χ4n) is 4.09. The summed E-state index contributed by atoms with van der Waals surface area (Å²) in [6, 6.07) is 10.7. The van der Waals surface area contributed by atoms with Crippen LogP contribution < -0.4 is 15.6 Å². The van der Waals surface area contributed by atoms with Crippen molar-refractivity contribution in [2.75, 3.05) is 41.9 Å². The average Bonchev–Trinajstić information content (AvgIpc) is 2.90. The van der Waals surface area contributed by atoms with Crippen molar-refractivity contribution >= 4 is 46.2 Å². The van der Waals surface area contributed by atoms with Gasteiger partial charge in [-0.3, -0.25) is 20.0 Å². The number of hydrazine groups is 1. The zero-order valence-electron chi connectivity index (χ0n) is 18.4. The molecule has 0 unspecified atom stereocenters. The molecular formula is C23H19N9O3. The number of morpholine rings is 1. The highest BCUT2D eigenvalue weighted by Gasteiger charge is 2.34. The van der Waals surface area contributed by atoms with Crippen LogP contribution in [-0.2, 0) is 4.74 Å². The van der Waals surface area contributed by atoms with Crippen molar-refractivity contribution in [1.82, 2.24) is 29.9 Å². The maximum absolute atomic E-state index is 13.3. The van der Waals surface area contributed by atoms with Crippen LogP contribution in [0, 0.1) is 0 Å². The first-order valence-corrected chi connectivity index (χ1v) is 11.0. The number of benzene rings is 2. The predicted octanol–water partition coefficient (Wildman–Crippen LogP) is 2.02. The van der Waals surface area contributed by atoms with Crippen LogP contribution in [0.1, 0.15) is 20.7 Å². The number of carbonyl (C=O) groups is 2. The second kappa shape index (κ2) is 8.57. The SMILES string of the molecule is O=C1c2cccc3cccc(c23)C(=O)N1Nc1nc(Nc2cnccn2)nc(N2CCOCC2)n1. The Morgan fingerprint density at radius 3 is 2.26 bits per heavy atom. The second-order valence-electron chi connectivity index (χ2n) is 7.86. The van der Waals surface area contributed by atoms with Gasteiger partial charge >= 0.3 is 0 Å². The van der Waals surface area contributed by atoms with Crippen LogP contribution in [0.25, 0.3) is 10.8 Å². The van der Waals surface area contributed by atoms with E-state index in [0.717, 1.165) is 10.4 Å². The van der Waals surface area contributed by atoms with E-state index in [1.54, 1.807) is 30.5 Å². The van der Waals surface area contributed by atoms with Gasteiger partial charge in [0, 0.05) is 30.9 Å². The summed E-state index contributed by atoms with van der Waals surface area (Å²) in [5.74, 6) is 0.0390. The number of ether oxygens (including phenoxy) is 1. The van der Waals surface area contributed by atoms with E-state index in [-0.39, 0.29) is 11.9 Å². The van der Waals surface area contributed by atoms with Crippen LogP contribution in [-0.4, -0.2) is 68.0 Å². The first-order chi connectivity index (χ1) is 17.2. The van der Waals surface area contributed by atoms with Gasteiger partial charge in [-0.05, 0) is 17.5 Å². The van der Waals surface area contributed by atoms with Crippen LogP contribution in [0.5, 0.6) is 0 Å². The van der Waals surface area contributed by atoms with E-state index < -0.39 is 11.8 Å². The Morgan fingerprint density at radius 1 is 0.857 bits per heavy atom. The molecule has 2 aromatic heterocycles. The van der Waals surface area contributed by atoms with Gasteiger partial charge in [0.1, 0.15) is 0 Å². The number of imide groups is 1. The Hall–Kier alpha value is -4.71. The lowest BCUT2D eigenvalue weighted by molar-refractivity contribution is 0.0647. The van der Waals surface area contributed by atoms with Crippen molar-refractivity contribution in [2.45, 2.75) is 0 Å². The molecule has 6 rings (SSSR count). The third kappa shape index (κ3) is 3.85. The highest BCUT2D eigenvalue weighted by atomic mass is 16.5. The van der Waals surface area contributed by atoms with Gasteiger partial charge in [0.25, 0.3) is 11.8 Å². The highest BCUT2D eigenvalue weighted by molar-refractivity contribution is 6.25. The maximum atomic E-state index is 13.3. The molecule has 2 amide bonds. The molecule has 12 heteroatoms. The Balaban J connectivity index is 1.37. The molecule has 174 valence electrons. The first kappa shape index (κ1) is 20.9. The van der Waals surface area contributed by atoms with E-state index in [0.29, 0.717) is 54.6 Å². The van der Waals surface area contributed by atoms with Gasteiger partial charge in [-0.15, -0.1) is 0 Å². The Morgan fingerprint density at radius 2 is 1.57 bits per heavy atom. The molecule has 2 N–H and O–H groups in total. The number of anilines is 4. The highest BCUT2D eigenvalue weighted by Crippen LogP contribution is 2.30. The molecule has 0 aliphatic carbocycles. The zero-order valence-corrected chi connectivity index (χ0v) is 18.4. The minimum absolute atomic E-state index is 0.0288. The van der Waals surface area contributed by atoms with Crippen molar-refractivity contribution in [2.24, 2.45) is 0 Å².